The predicted molar refractivity (Wildman–Crippen MR) is 91.9 cm³/mol. The average molecular weight is 312 g/mol. The highest BCUT2D eigenvalue weighted by Crippen LogP contribution is 2.17. The van der Waals surface area contributed by atoms with Crippen LogP contribution in [-0.4, -0.2) is 40.4 Å². The molecular formula is C18H20N2OS. The summed E-state index contributed by atoms with van der Waals surface area (Å²) < 4.78 is 0. The van der Waals surface area contributed by atoms with E-state index in [1.807, 2.05) is 29.3 Å². The molecule has 0 saturated carbocycles. The molecule has 1 aromatic carbocycles. The molecule has 1 amide bonds. The molecule has 0 atom stereocenters. The summed E-state index contributed by atoms with van der Waals surface area (Å²) in [5.74, 6) is 2.00. The number of carbonyl (C=O) groups is 1. The fourth-order valence-corrected chi connectivity index (χ4v) is 3.46. The lowest BCUT2D eigenvalue weighted by Gasteiger charge is -2.26. The minimum absolute atomic E-state index is 0.286. The normalized spacial score (nSPS) is 15.1. The van der Waals surface area contributed by atoms with Crippen LogP contribution in [0.1, 0.15) is 12.0 Å². The molecule has 4 heteroatoms. The molecule has 0 spiro atoms. The van der Waals surface area contributed by atoms with Crippen molar-refractivity contribution < 1.29 is 4.79 Å². The van der Waals surface area contributed by atoms with E-state index in [4.69, 9.17) is 0 Å². The summed E-state index contributed by atoms with van der Waals surface area (Å²) >= 11 is 1.73. The highest BCUT2D eigenvalue weighted by molar-refractivity contribution is 8.00. The molecular weight excluding hydrogens is 292 g/mol. The highest BCUT2D eigenvalue weighted by atomic mass is 32.2. The summed E-state index contributed by atoms with van der Waals surface area (Å²) in [5.41, 5.74) is 3.39. The van der Waals surface area contributed by atoms with Crippen molar-refractivity contribution in [1.29, 1.82) is 0 Å². The first-order chi connectivity index (χ1) is 10.8. The van der Waals surface area contributed by atoms with Crippen molar-refractivity contribution in [2.24, 2.45) is 0 Å². The van der Waals surface area contributed by atoms with Crippen molar-refractivity contribution in [1.82, 2.24) is 9.88 Å². The van der Waals surface area contributed by atoms with Gasteiger partial charge in [-0.1, -0.05) is 36.4 Å². The Morgan fingerprint density at radius 2 is 2.00 bits per heavy atom. The Morgan fingerprint density at radius 3 is 2.73 bits per heavy atom. The average Bonchev–Trinajstić information content (AvgIpc) is 2.58. The van der Waals surface area contributed by atoms with Crippen LogP contribution in [-0.2, 0) is 11.2 Å². The van der Waals surface area contributed by atoms with Crippen molar-refractivity contribution in [3.63, 3.8) is 0 Å². The molecule has 114 valence electrons. The third kappa shape index (κ3) is 3.89. The topological polar surface area (TPSA) is 33.2 Å². The lowest BCUT2D eigenvalue weighted by Crippen LogP contribution is -2.38. The molecule has 1 saturated heterocycles. The maximum absolute atomic E-state index is 11.7. The number of rotatable bonds is 5. The molecule has 1 aliphatic heterocycles. The van der Waals surface area contributed by atoms with E-state index in [0.29, 0.717) is 5.75 Å². The minimum Gasteiger partial charge on any atom is -0.341 e. The number of thioether (sulfide) groups is 1. The second-order valence-corrected chi connectivity index (χ2v) is 6.56. The molecule has 22 heavy (non-hydrogen) atoms. The Hall–Kier alpha value is -1.81. The van der Waals surface area contributed by atoms with Gasteiger partial charge in [-0.05, 0) is 24.5 Å². The van der Waals surface area contributed by atoms with E-state index < -0.39 is 0 Å². The zero-order valence-electron chi connectivity index (χ0n) is 12.6. The van der Waals surface area contributed by atoms with E-state index in [1.165, 1.54) is 5.56 Å². The summed E-state index contributed by atoms with van der Waals surface area (Å²) in [5, 5.41) is 0. The minimum atomic E-state index is 0.286. The number of hydrogen-bond donors (Lipinski definition) is 0. The van der Waals surface area contributed by atoms with Crippen LogP contribution in [0.4, 0.5) is 0 Å². The van der Waals surface area contributed by atoms with Gasteiger partial charge in [0.2, 0.25) is 5.91 Å². The van der Waals surface area contributed by atoms with Gasteiger partial charge in [0.05, 0.1) is 11.4 Å². The van der Waals surface area contributed by atoms with Crippen LogP contribution in [0, 0.1) is 0 Å². The van der Waals surface area contributed by atoms with Crippen molar-refractivity contribution in [3.8, 4) is 11.3 Å². The monoisotopic (exact) mass is 312 g/mol. The zero-order valence-corrected chi connectivity index (χ0v) is 13.4. The molecule has 1 aliphatic rings. The van der Waals surface area contributed by atoms with Crippen LogP contribution in [0.5, 0.6) is 0 Å². The number of aryl methyl sites for hydroxylation is 1. The van der Waals surface area contributed by atoms with E-state index in [1.54, 1.807) is 11.8 Å². The fourth-order valence-electron chi connectivity index (χ4n) is 2.61. The van der Waals surface area contributed by atoms with Crippen LogP contribution in [0.15, 0.2) is 48.7 Å². The van der Waals surface area contributed by atoms with Gasteiger partial charge >= 0.3 is 0 Å². The van der Waals surface area contributed by atoms with E-state index >= 15 is 0 Å². The summed E-state index contributed by atoms with van der Waals surface area (Å²) in [7, 11) is 0. The van der Waals surface area contributed by atoms with Gasteiger partial charge in [-0.2, -0.15) is 11.8 Å². The molecule has 2 heterocycles. The van der Waals surface area contributed by atoms with Gasteiger partial charge in [0.25, 0.3) is 0 Å². The standard InChI is InChI=1S/C18H20N2OS/c21-18-14-22-12-11-20(18)10-4-5-15-8-9-17(19-13-15)16-6-2-1-3-7-16/h1-3,6-9,13H,4-5,10-12,14H2. The molecule has 0 bridgehead atoms. The van der Waals surface area contributed by atoms with Gasteiger partial charge in [0.15, 0.2) is 0 Å². The van der Waals surface area contributed by atoms with Crippen molar-refractivity contribution in [2.75, 3.05) is 24.6 Å². The molecule has 0 aliphatic carbocycles. The van der Waals surface area contributed by atoms with E-state index in [-0.39, 0.29) is 5.91 Å². The molecule has 0 radical (unpaired) electrons. The lowest BCUT2D eigenvalue weighted by molar-refractivity contribution is -0.128. The molecule has 0 N–H and O–H groups in total. The van der Waals surface area contributed by atoms with Crippen molar-refractivity contribution in [3.05, 3.63) is 54.2 Å². The SMILES string of the molecule is O=C1CSCCN1CCCc1ccc(-c2ccccc2)nc1. The highest BCUT2D eigenvalue weighted by Gasteiger charge is 2.17. The first-order valence-corrected chi connectivity index (χ1v) is 8.84. The third-order valence-corrected chi connectivity index (χ3v) is 4.79. The van der Waals surface area contributed by atoms with Crippen molar-refractivity contribution >= 4 is 17.7 Å². The number of hydrogen-bond acceptors (Lipinski definition) is 3. The molecule has 1 fully saturated rings. The first-order valence-electron chi connectivity index (χ1n) is 7.69. The van der Waals surface area contributed by atoms with Gasteiger partial charge in [-0.25, -0.2) is 0 Å². The van der Waals surface area contributed by atoms with Gasteiger partial charge in [-0.3, -0.25) is 9.78 Å². The Kier molecular flexibility index (Phi) is 5.11. The number of carbonyl (C=O) groups excluding carboxylic acids is 1. The molecule has 0 unspecified atom stereocenters. The Morgan fingerprint density at radius 1 is 1.14 bits per heavy atom. The Bertz CT molecular complexity index is 613. The number of amides is 1. The molecule has 2 aromatic rings. The Labute approximate surface area is 135 Å². The third-order valence-electron chi connectivity index (χ3n) is 3.87. The predicted octanol–water partition coefficient (Wildman–Crippen LogP) is 3.26. The van der Waals surface area contributed by atoms with Crippen molar-refractivity contribution in [2.45, 2.75) is 12.8 Å². The van der Waals surface area contributed by atoms with Crippen LogP contribution >= 0.6 is 11.8 Å². The fraction of sp³-hybridized carbons (Fsp3) is 0.333. The van der Waals surface area contributed by atoms with Crippen LogP contribution in [0.25, 0.3) is 11.3 Å². The molecule has 3 rings (SSSR count). The summed E-state index contributed by atoms with van der Waals surface area (Å²) in [6.07, 6.45) is 3.93. The number of nitrogens with zero attached hydrogens (tertiary/aromatic N) is 2. The summed E-state index contributed by atoms with van der Waals surface area (Å²) in [6, 6.07) is 14.4. The first kappa shape index (κ1) is 15.1. The number of aromatic nitrogens is 1. The van der Waals surface area contributed by atoms with E-state index in [0.717, 1.165) is 42.9 Å². The van der Waals surface area contributed by atoms with Crippen LogP contribution in [0.2, 0.25) is 0 Å². The van der Waals surface area contributed by atoms with Gasteiger partial charge in [-0.15, -0.1) is 0 Å². The molecule has 3 nitrogen and oxygen atoms in total. The summed E-state index contributed by atoms with van der Waals surface area (Å²) in [6.45, 7) is 1.76. The van der Waals surface area contributed by atoms with Gasteiger partial charge in [0.1, 0.15) is 0 Å². The molecule has 1 aromatic heterocycles. The van der Waals surface area contributed by atoms with E-state index in [2.05, 4.69) is 29.2 Å². The van der Waals surface area contributed by atoms with Crippen LogP contribution < -0.4 is 0 Å². The smallest absolute Gasteiger partial charge is 0.232 e. The second kappa shape index (κ2) is 7.45. The maximum atomic E-state index is 11.7. The number of benzene rings is 1. The zero-order chi connectivity index (χ0) is 15.2. The number of pyridine rings is 1. The largest absolute Gasteiger partial charge is 0.341 e. The van der Waals surface area contributed by atoms with E-state index in [9.17, 15) is 4.79 Å². The summed E-state index contributed by atoms with van der Waals surface area (Å²) in [4.78, 5) is 18.3. The van der Waals surface area contributed by atoms with Gasteiger partial charge in [0, 0.05) is 30.6 Å². The van der Waals surface area contributed by atoms with Gasteiger partial charge < -0.3 is 4.90 Å². The Balaban J connectivity index is 1.52. The van der Waals surface area contributed by atoms with Crippen LogP contribution in [0.3, 0.4) is 0 Å². The second-order valence-electron chi connectivity index (χ2n) is 5.45. The quantitative estimate of drug-likeness (QED) is 0.849. The lowest BCUT2D eigenvalue weighted by atomic mass is 10.1. The maximum Gasteiger partial charge on any atom is 0.232 e.